The summed E-state index contributed by atoms with van der Waals surface area (Å²) in [7, 11) is -3.64. The van der Waals surface area contributed by atoms with Crippen molar-refractivity contribution in [2.45, 2.75) is 18.0 Å². The smallest absolute Gasteiger partial charge is 0.242 e. The third-order valence-electron chi connectivity index (χ3n) is 2.31. The molecule has 0 fully saturated rings. The molecule has 3 N–H and O–H groups in total. The standard InChI is InChI=1S/C12H17FN2O3S/c1-10(18-9-11(7-13)8-14)15-19(16,17)12-5-3-2-4-6-12/h2-7,10,15H,8-9,14H2,1H3/b11-7-. The van der Waals surface area contributed by atoms with Crippen LogP contribution >= 0.6 is 0 Å². The Balaban J connectivity index is 2.59. The fourth-order valence-corrected chi connectivity index (χ4v) is 2.44. The van der Waals surface area contributed by atoms with E-state index in [-0.39, 0.29) is 23.6 Å². The monoisotopic (exact) mass is 288 g/mol. The summed E-state index contributed by atoms with van der Waals surface area (Å²) in [5.74, 6) is 0. The zero-order valence-corrected chi connectivity index (χ0v) is 11.4. The molecule has 106 valence electrons. The van der Waals surface area contributed by atoms with Crippen molar-refractivity contribution in [3.05, 3.63) is 42.2 Å². The summed E-state index contributed by atoms with van der Waals surface area (Å²) < 4.78 is 43.6. The Morgan fingerprint density at radius 3 is 2.63 bits per heavy atom. The van der Waals surface area contributed by atoms with E-state index in [2.05, 4.69) is 4.72 Å². The number of halogens is 1. The summed E-state index contributed by atoms with van der Waals surface area (Å²) >= 11 is 0. The third-order valence-corrected chi connectivity index (χ3v) is 3.84. The molecule has 1 rings (SSSR count). The van der Waals surface area contributed by atoms with Crippen LogP contribution in [0, 0.1) is 0 Å². The molecule has 0 aromatic heterocycles. The van der Waals surface area contributed by atoms with E-state index in [1.165, 1.54) is 19.1 Å². The van der Waals surface area contributed by atoms with E-state index in [0.717, 1.165) is 0 Å². The zero-order chi connectivity index (χ0) is 14.3. The number of sulfonamides is 1. The maximum absolute atomic E-state index is 12.3. The molecule has 0 bridgehead atoms. The molecule has 19 heavy (non-hydrogen) atoms. The molecule has 1 aromatic rings. The van der Waals surface area contributed by atoms with Crippen LogP contribution in [0.5, 0.6) is 0 Å². The lowest BCUT2D eigenvalue weighted by molar-refractivity contribution is 0.0747. The first-order chi connectivity index (χ1) is 8.99. The maximum Gasteiger partial charge on any atom is 0.242 e. The molecule has 0 spiro atoms. The highest BCUT2D eigenvalue weighted by Crippen LogP contribution is 2.08. The first kappa shape index (κ1) is 15.8. The quantitative estimate of drug-likeness (QED) is 0.737. The minimum absolute atomic E-state index is 0.0225. The zero-order valence-electron chi connectivity index (χ0n) is 10.5. The fraction of sp³-hybridized carbons (Fsp3) is 0.333. The largest absolute Gasteiger partial charge is 0.358 e. The molecule has 5 nitrogen and oxygen atoms in total. The highest BCUT2D eigenvalue weighted by Gasteiger charge is 2.17. The highest BCUT2D eigenvalue weighted by molar-refractivity contribution is 7.89. The molecule has 0 saturated carbocycles. The minimum Gasteiger partial charge on any atom is -0.358 e. The Kier molecular flexibility index (Phi) is 6.10. The number of ether oxygens (including phenoxy) is 1. The molecule has 0 saturated heterocycles. The molecule has 1 unspecified atom stereocenters. The normalized spacial score (nSPS) is 14.4. The second-order valence-corrected chi connectivity index (χ2v) is 5.57. The number of hydrogen-bond donors (Lipinski definition) is 2. The summed E-state index contributed by atoms with van der Waals surface area (Å²) in [4.78, 5) is 0.144. The van der Waals surface area contributed by atoms with Gasteiger partial charge in [0, 0.05) is 6.54 Å². The van der Waals surface area contributed by atoms with Crippen LogP contribution in [0.1, 0.15) is 6.92 Å². The fourth-order valence-electron chi connectivity index (χ4n) is 1.29. The molecule has 0 aliphatic rings. The van der Waals surface area contributed by atoms with E-state index in [0.29, 0.717) is 6.33 Å². The molecule has 0 radical (unpaired) electrons. The summed E-state index contributed by atoms with van der Waals surface area (Å²) in [5, 5.41) is 0. The van der Waals surface area contributed by atoms with E-state index >= 15 is 0 Å². The summed E-state index contributed by atoms with van der Waals surface area (Å²) in [6.07, 6.45) is -0.426. The van der Waals surface area contributed by atoms with Crippen LogP contribution in [0.3, 0.4) is 0 Å². The summed E-state index contributed by atoms with van der Waals surface area (Å²) in [5.41, 5.74) is 5.52. The van der Waals surface area contributed by atoms with Gasteiger partial charge in [0.15, 0.2) is 0 Å². The Morgan fingerprint density at radius 2 is 2.11 bits per heavy atom. The number of rotatable bonds is 7. The first-order valence-corrected chi connectivity index (χ1v) is 7.15. The molecular weight excluding hydrogens is 271 g/mol. The molecule has 0 heterocycles. The maximum atomic E-state index is 12.3. The van der Waals surface area contributed by atoms with E-state index in [1.54, 1.807) is 18.2 Å². The lowest BCUT2D eigenvalue weighted by Crippen LogP contribution is -2.35. The molecule has 0 amide bonds. The van der Waals surface area contributed by atoms with Crippen molar-refractivity contribution in [2.75, 3.05) is 13.2 Å². The van der Waals surface area contributed by atoms with Crippen molar-refractivity contribution in [1.82, 2.24) is 4.72 Å². The molecular formula is C12H17FN2O3S. The minimum atomic E-state index is -3.64. The van der Waals surface area contributed by atoms with Gasteiger partial charge in [-0.3, -0.25) is 0 Å². The van der Waals surface area contributed by atoms with Gasteiger partial charge in [0.25, 0.3) is 0 Å². The van der Waals surface area contributed by atoms with Crippen molar-refractivity contribution in [3.63, 3.8) is 0 Å². The van der Waals surface area contributed by atoms with Gasteiger partial charge < -0.3 is 10.5 Å². The number of nitrogens with two attached hydrogens (primary N) is 1. The van der Waals surface area contributed by atoms with E-state index < -0.39 is 16.3 Å². The van der Waals surface area contributed by atoms with Crippen LogP contribution in [-0.4, -0.2) is 27.8 Å². The predicted octanol–water partition coefficient (Wildman–Crippen LogP) is 1.14. The van der Waals surface area contributed by atoms with Gasteiger partial charge in [-0.05, 0) is 24.6 Å². The summed E-state index contributed by atoms with van der Waals surface area (Å²) in [6, 6.07) is 7.92. The van der Waals surface area contributed by atoms with Crippen molar-refractivity contribution in [3.8, 4) is 0 Å². The number of nitrogens with one attached hydrogen (secondary N) is 1. The lowest BCUT2D eigenvalue weighted by Gasteiger charge is -2.15. The molecule has 1 atom stereocenters. The Bertz CT molecular complexity index is 517. The molecule has 0 aliphatic carbocycles. The van der Waals surface area contributed by atoms with Gasteiger partial charge in [0.05, 0.1) is 17.8 Å². The van der Waals surface area contributed by atoms with Gasteiger partial charge in [0.2, 0.25) is 10.0 Å². The number of hydrogen-bond acceptors (Lipinski definition) is 4. The lowest BCUT2D eigenvalue weighted by atomic mass is 10.3. The second kappa shape index (κ2) is 7.34. The van der Waals surface area contributed by atoms with Gasteiger partial charge in [-0.25, -0.2) is 12.8 Å². The first-order valence-electron chi connectivity index (χ1n) is 5.66. The topological polar surface area (TPSA) is 81.4 Å². The van der Waals surface area contributed by atoms with Crippen LogP contribution in [0.2, 0.25) is 0 Å². The van der Waals surface area contributed by atoms with Crippen molar-refractivity contribution in [1.29, 1.82) is 0 Å². The molecule has 1 aromatic carbocycles. The molecule has 0 aliphatic heterocycles. The molecule has 7 heteroatoms. The van der Waals surface area contributed by atoms with E-state index in [1.807, 2.05) is 0 Å². The van der Waals surface area contributed by atoms with Crippen molar-refractivity contribution < 1.29 is 17.5 Å². The van der Waals surface area contributed by atoms with Crippen LogP contribution in [0.25, 0.3) is 0 Å². The van der Waals surface area contributed by atoms with Gasteiger partial charge in [-0.1, -0.05) is 18.2 Å². The Hall–Kier alpha value is -1.28. The SMILES string of the molecule is CC(NS(=O)(=O)c1ccccc1)OC/C(=C\F)CN. The summed E-state index contributed by atoms with van der Waals surface area (Å²) in [6.45, 7) is 1.48. The van der Waals surface area contributed by atoms with Gasteiger partial charge >= 0.3 is 0 Å². The van der Waals surface area contributed by atoms with Crippen LogP contribution in [0.15, 0.2) is 47.1 Å². The van der Waals surface area contributed by atoms with Crippen molar-refractivity contribution >= 4 is 10.0 Å². The van der Waals surface area contributed by atoms with Crippen LogP contribution in [-0.2, 0) is 14.8 Å². The van der Waals surface area contributed by atoms with E-state index in [4.69, 9.17) is 10.5 Å². The van der Waals surface area contributed by atoms with Crippen molar-refractivity contribution in [2.24, 2.45) is 5.73 Å². The van der Waals surface area contributed by atoms with Crippen LogP contribution < -0.4 is 10.5 Å². The predicted molar refractivity (Wildman–Crippen MR) is 70.4 cm³/mol. The van der Waals surface area contributed by atoms with Gasteiger partial charge in [-0.15, -0.1) is 0 Å². The Morgan fingerprint density at radius 1 is 1.47 bits per heavy atom. The highest BCUT2D eigenvalue weighted by atomic mass is 32.2. The average Bonchev–Trinajstić information content (AvgIpc) is 2.40. The van der Waals surface area contributed by atoms with Gasteiger partial charge in [0.1, 0.15) is 6.23 Å². The van der Waals surface area contributed by atoms with Gasteiger partial charge in [-0.2, -0.15) is 4.72 Å². The number of benzene rings is 1. The third kappa shape index (κ3) is 5.07. The second-order valence-electron chi connectivity index (χ2n) is 3.86. The van der Waals surface area contributed by atoms with Crippen LogP contribution in [0.4, 0.5) is 4.39 Å². The van der Waals surface area contributed by atoms with E-state index in [9.17, 15) is 12.8 Å². The average molecular weight is 288 g/mol. The Labute approximate surface area is 112 Å².